The van der Waals surface area contributed by atoms with Gasteiger partial charge in [-0.1, -0.05) is 0 Å². The molecule has 1 aromatic heterocycles. The van der Waals surface area contributed by atoms with Gasteiger partial charge in [0.05, 0.1) is 13.2 Å². The van der Waals surface area contributed by atoms with Crippen molar-refractivity contribution in [2.75, 3.05) is 37.6 Å². The first-order valence-corrected chi connectivity index (χ1v) is 5.94. The van der Waals surface area contributed by atoms with Crippen LogP contribution in [-0.2, 0) is 6.61 Å². The molecular formula is C11H15F3N4O. The molecule has 0 atom stereocenters. The van der Waals surface area contributed by atoms with Crippen molar-refractivity contribution in [1.29, 1.82) is 0 Å². The summed E-state index contributed by atoms with van der Waals surface area (Å²) in [6, 6.07) is 0. The third kappa shape index (κ3) is 4.03. The van der Waals surface area contributed by atoms with Crippen LogP contribution in [0, 0.1) is 0 Å². The van der Waals surface area contributed by atoms with E-state index < -0.39 is 12.7 Å². The lowest BCUT2D eigenvalue weighted by molar-refractivity contribution is -0.146. The molecule has 2 heterocycles. The van der Waals surface area contributed by atoms with Gasteiger partial charge >= 0.3 is 6.18 Å². The average Bonchev–Trinajstić information content (AvgIpc) is 2.38. The highest BCUT2D eigenvalue weighted by atomic mass is 19.4. The van der Waals surface area contributed by atoms with Gasteiger partial charge in [0.1, 0.15) is 0 Å². The average molecular weight is 276 g/mol. The molecule has 0 amide bonds. The molecule has 1 aliphatic heterocycles. The Balaban J connectivity index is 1.88. The molecule has 1 aliphatic rings. The van der Waals surface area contributed by atoms with E-state index in [9.17, 15) is 13.2 Å². The van der Waals surface area contributed by atoms with Crippen LogP contribution in [0.15, 0.2) is 12.4 Å². The van der Waals surface area contributed by atoms with Crippen molar-refractivity contribution in [3.05, 3.63) is 18.0 Å². The first-order valence-electron chi connectivity index (χ1n) is 5.94. The summed E-state index contributed by atoms with van der Waals surface area (Å²) < 4.78 is 36.7. The SMILES string of the molecule is OCc1cnc(N2CCN(CC(F)(F)F)CC2)nc1. The van der Waals surface area contributed by atoms with E-state index >= 15 is 0 Å². The standard InChI is InChI=1S/C11H15F3N4O/c12-11(13,14)8-17-1-3-18(4-2-17)10-15-5-9(7-19)6-16-10/h5-6,19H,1-4,7-8H2. The normalized spacial score (nSPS) is 17.8. The number of rotatable bonds is 3. The minimum atomic E-state index is -4.15. The van der Waals surface area contributed by atoms with Gasteiger partial charge in [-0.25, -0.2) is 9.97 Å². The number of nitrogens with zero attached hydrogens (tertiary/aromatic N) is 4. The zero-order valence-corrected chi connectivity index (χ0v) is 10.3. The molecule has 0 saturated carbocycles. The van der Waals surface area contributed by atoms with E-state index in [2.05, 4.69) is 9.97 Å². The van der Waals surface area contributed by atoms with E-state index in [1.807, 2.05) is 4.90 Å². The Morgan fingerprint density at radius 3 is 2.16 bits per heavy atom. The summed E-state index contributed by atoms with van der Waals surface area (Å²) in [4.78, 5) is 11.4. The van der Waals surface area contributed by atoms with Crippen LogP contribution in [-0.4, -0.2) is 58.9 Å². The van der Waals surface area contributed by atoms with E-state index in [0.717, 1.165) is 0 Å². The van der Waals surface area contributed by atoms with Crippen LogP contribution in [0.1, 0.15) is 5.56 Å². The van der Waals surface area contributed by atoms with E-state index in [1.165, 1.54) is 17.3 Å². The summed E-state index contributed by atoms with van der Waals surface area (Å²) in [6.45, 7) is 0.614. The fraction of sp³-hybridized carbons (Fsp3) is 0.636. The first-order chi connectivity index (χ1) is 8.98. The van der Waals surface area contributed by atoms with Crippen molar-refractivity contribution in [2.45, 2.75) is 12.8 Å². The molecule has 106 valence electrons. The van der Waals surface area contributed by atoms with Gasteiger partial charge < -0.3 is 10.0 Å². The molecule has 2 rings (SSSR count). The van der Waals surface area contributed by atoms with E-state index in [1.54, 1.807) is 0 Å². The number of aliphatic hydroxyl groups excluding tert-OH is 1. The molecule has 0 unspecified atom stereocenters. The molecular weight excluding hydrogens is 261 g/mol. The number of hydrogen-bond acceptors (Lipinski definition) is 5. The maximum Gasteiger partial charge on any atom is 0.401 e. The Kier molecular flexibility index (Phi) is 4.20. The summed E-state index contributed by atoms with van der Waals surface area (Å²) in [5.41, 5.74) is 0.611. The molecule has 19 heavy (non-hydrogen) atoms. The zero-order valence-electron chi connectivity index (χ0n) is 10.3. The summed E-state index contributed by atoms with van der Waals surface area (Å²) in [6.07, 6.45) is -1.11. The molecule has 1 saturated heterocycles. The molecule has 1 fully saturated rings. The number of piperazine rings is 1. The van der Waals surface area contributed by atoms with Crippen molar-refractivity contribution >= 4 is 5.95 Å². The molecule has 8 heteroatoms. The quantitative estimate of drug-likeness (QED) is 0.878. The number of aromatic nitrogens is 2. The van der Waals surface area contributed by atoms with Gasteiger partial charge in [0.2, 0.25) is 5.95 Å². The predicted molar refractivity (Wildman–Crippen MR) is 62.7 cm³/mol. The van der Waals surface area contributed by atoms with Crippen molar-refractivity contribution in [3.63, 3.8) is 0 Å². The second-order valence-electron chi connectivity index (χ2n) is 4.43. The van der Waals surface area contributed by atoms with Crippen LogP contribution >= 0.6 is 0 Å². The van der Waals surface area contributed by atoms with Crippen LogP contribution in [0.5, 0.6) is 0 Å². The molecule has 0 bridgehead atoms. The summed E-state index contributed by atoms with van der Waals surface area (Å²) >= 11 is 0. The second kappa shape index (κ2) is 5.70. The lowest BCUT2D eigenvalue weighted by Crippen LogP contribution is -2.49. The number of alkyl halides is 3. The van der Waals surface area contributed by atoms with Gasteiger partial charge in [-0.3, -0.25) is 4.90 Å². The van der Waals surface area contributed by atoms with Crippen LogP contribution in [0.25, 0.3) is 0 Å². The van der Waals surface area contributed by atoms with Crippen LogP contribution in [0.3, 0.4) is 0 Å². The Bertz CT molecular complexity index is 401. The Morgan fingerprint density at radius 1 is 1.11 bits per heavy atom. The van der Waals surface area contributed by atoms with Crippen LogP contribution in [0.4, 0.5) is 19.1 Å². The van der Waals surface area contributed by atoms with E-state index in [-0.39, 0.29) is 6.61 Å². The van der Waals surface area contributed by atoms with Crippen molar-refractivity contribution in [1.82, 2.24) is 14.9 Å². The fourth-order valence-corrected chi connectivity index (χ4v) is 1.95. The maximum absolute atomic E-state index is 12.2. The number of anilines is 1. The van der Waals surface area contributed by atoms with E-state index in [4.69, 9.17) is 5.11 Å². The largest absolute Gasteiger partial charge is 0.401 e. The number of halogens is 3. The predicted octanol–water partition coefficient (Wildman–Crippen LogP) is 0.653. The molecule has 1 N–H and O–H groups in total. The third-order valence-corrected chi connectivity index (χ3v) is 2.93. The topological polar surface area (TPSA) is 52.5 Å². The zero-order chi connectivity index (χ0) is 13.9. The van der Waals surface area contributed by atoms with Crippen molar-refractivity contribution in [2.24, 2.45) is 0 Å². The lowest BCUT2D eigenvalue weighted by atomic mass is 10.3. The minimum absolute atomic E-state index is 0.125. The molecule has 0 spiro atoms. The van der Waals surface area contributed by atoms with Gasteiger partial charge in [0.15, 0.2) is 0 Å². The van der Waals surface area contributed by atoms with Crippen molar-refractivity contribution < 1.29 is 18.3 Å². The van der Waals surface area contributed by atoms with Crippen LogP contribution < -0.4 is 4.90 Å². The van der Waals surface area contributed by atoms with E-state index in [0.29, 0.717) is 37.7 Å². The maximum atomic E-state index is 12.2. The summed E-state index contributed by atoms with van der Waals surface area (Å²) in [5.74, 6) is 0.490. The number of aliphatic hydroxyl groups is 1. The van der Waals surface area contributed by atoms with Gasteiger partial charge in [-0.2, -0.15) is 13.2 Å². The van der Waals surface area contributed by atoms with Crippen LogP contribution in [0.2, 0.25) is 0 Å². The molecule has 0 radical (unpaired) electrons. The molecule has 1 aromatic rings. The lowest BCUT2D eigenvalue weighted by Gasteiger charge is -2.34. The third-order valence-electron chi connectivity index (χ3n) is 2.93. The highest BCUT2D eigenvalue weighted by Gasteiger charge is 2.32. The van der Waals surface area contributed by atoms with Gasteiger partial charge in [-0.15, -0.1) is 0 Å². The summed E-state index contributed by atoms with van der Waals surface area (Å²) in [5, 5.41) is 8.87. The first kappa shape index (κ1) is 14.0. The Hall–Kier alpha value is -1.41. The Morgan fingerprint density at radius 2 is 1.68 bits per heavy atom. The van der Waals surface area contributed by atoms with Gasteiger partial charge in [0.25, 0.3) is 0 Å². The Labute approximate surface area is 108 Å². The summed E-state index contributed by atoms with van der Waals surface area (Å²) in [7, 11) is 0. The molecule has 0 aliphatic carbocycles. The number of hydrogen-bond donors (Lipinski definition) is 1. The fourth-order valence-electron chi connectivity index (χ4n) is 1.95. The van der Waals surface area contributed by atoms with Crippen molar-refractivity contribution in [3.8, 4) is 0 Å². The highest BCUT2D eigenvalue weighted by molar-refractivity contribution is 5.30. The van der Waals surface area contributed by atoms with Gasteiger partial charge in [-0.05, 0) is 0 Å². The van der Waals surface area contributed by atoms with Gasteiger partial charge in [0, 0.05) is 44.1 Å². The highest BCUT2D eigenvalue weighted by Crippen LogP contribution is 2.18. The monoisotopic (exact) mass is 276 g/mol. The smallest absolute Gasteiger partial charge is 0.392 e. The molecule has 0 aromatic carbocycles. The molecule has 5 nitrogen and oxygen atoms in total. The minimum Gasteiger partial charge on any atom is -0.392 e. The second-order valence-corrected chi connectivity index (χ2v) is 4.43.